The molecule has 41 heavy (non-hydrogen) atoms. The van der Waals surface area contributed by atoms with Gasteiger partial charge in [0.25, 0.3) is 0 Å². The summed E-state index contributed by atoms with van der Waals surface area (Å²) in [4.78, 5) is 0. The fraction of sp³-hybridized carbons (Fsp3) is 0.450. The molecule has 1 N–H and O–H groups in total. The Labute approximate surface area is 252 Å². The van der Waals surface area contributed by atoms with E-state index in [1.54, 1.807) is 0 Å². The van der Waals surface area contributed by atoms with Gasteiger partial charge in [-0.2, -0.15) is 0 Å². The van der Waals surface area contributed by atoms with Gasteiger partial charge in [-0.1, -0.05) is 140 Å². The standard InChI is InChI=1S/C40H54O/c1-30(18-13-20-32(3)23-25-37-34(5)22-15-27-39(37,7)8)16-11-12-17-31(2)19-14-21-33(4)24-26-38-35(6)28-36(41)29-40(38,9)10/h11-14,16-21,23,25,36,41H,15,22,27-29H2,1-10H3/b12-11+,18-13+,19-14+,25-23+,30-16+,31-17+,32-20+,33-21+/t36-/m1/s1. The van der Waals surface area contributed by atoms with Crippen molar-refractivity contribution in [2.45, 2.75) is 107 Å². The quantitative estimate of drug-likeness (QED) is 0.235. The Kier molecular flexibility index (Phi) is 13.1. The minimum Gasteiger partial charge on any atom is -0.393 e. The van der Waals surface area contributed by atoms with Crippen LogP contribution in [0.2, 0.25) is 0 Å². The van der Waals surface area contributed by atoms with Gasteiger partial charge in [-0.05, 0) is 90.2 Å². The van der Waals surface area contributed by atoms with Crippen molar-refractivity contribution in [3.05, 3.63) is 117 Å². The lowest BCUT2D eigenvalue weighted by Gasteiger charge is -2.34. The molecular formula is C40H54O. The molecule has 1 atom stereocenters. The predicted molar refractivity (Wildman–Crippen MR) is 181 cm³/mol. The molecule has 0 radical (unpaired) electrons. The van der Waals surface area contributed by atoms with E-state index in [0.29, 0.717) is 0 Å². The van der Waals surface area contributed by atoms with Crippen LogP contribution in [-0.2, 0) is 0 Å². The van der Waals surface area contributed by atoms with E-state index < -0.39 is 0 Å². The van der Waals surface area contributed by atoms with Crippen LogP contribution in [0.4, 0.5) is 0 Å². The Balaban J connectivity index is 1.91. The maximum Gasteiger partial charge on any atom is 0.0586 e. The predicted octanol–water partition coefficient (Wildman–Crippen LogP) is 11.0. The van der Waals surface area contributed by atoms with Gasteiger partial charge in [0.1, 0.15) is 0 Å². The summed E-state index contributed by atoms with van der Waals surface area (Å²) in [6.45, 7) is 21.9. The molecule has 0 aromatic heterocycles. The monoisotopic (exact) mass is 550 g/mol. The first kappa shape index (κ1) is 34.1. The molecule has 2 aliphatic carbocycles. The van der Waals surface area contributed by atoms with Crippen LogP contribution in [-0.4, -0.2) is 11.2 Å². The lowest BCUT2D eigenvalue weighted by Crippen LogP contribution is -2.28. The molecule has 220 valence electrons. The number of rotatable bonds is 8. The van der Waals surface area contributed by atoms with Gasteiger partial charge >= 0.3 is 0 Å². The summed E-state index contributed by atoms with van der Waals surface area (Å²) >= 11 is 0. The van der Waals surface area contributed by atoms with Crippen molar-refractivity contribution in [1.82, 2.24) is 0 Å². The zero-order valence-corrected chi connectivity index (χ0v) is 27.5. The van der Waals surface area contributed by atoms with Crippen molar-refractivity contribution >= 4 is 0 Å². The van der Waals surface area contributed by atoms with Crippen molar-refractivity contribution in [2.75, 3.05) is 0 Å². The molecule has 2 aliphatic rings. The maximum absolute atomic E-state index is 10.1. The third kappa shape index (κ3) is 11.7. The first-order chi connectivity index (χ1) is 19.2. The number of aliphatic hydroxyl groups excluding tert-OH is 1. The molecule has 2 rings (SSSR count). The Hall–Kier alpha value is -3.08. The van der Waals surface area contributed by atoms with E-state index in [2.05, 4.69) is 147 Å². The van der Waals surface area contributed by atoms with Crippen molar-refractivity contribution in [3.63, 3.8) is 0 Å². The number of hydrogen-bond acceptors (Lipinski definition) is 1. The molecule has 0 spiro atoms. The Morgan fingerprint density at radius 2 is 1.32 bits per heavy atom. The van der Waals surface area contributed by atoms with E-state index in [1.165, 1.54) is 58.3 Å². The summed E-state index contributed by atoms with van der Waals surface area (Å²) < 4.78 is 0. The van der Waals surface area contributed by atoms with Crippen LogP contribution >= 0.6 is 0 Å². The van der Waals surface area contributed by atoms with Gasteiger partial charge in [-0.25, -0.2) is 0 Å². The molecule has 0 aromatic carbocycles. The number of hydrogen-bond donors (Lipinski definition) is 1. The van der Waals surface area contributed by atoms with Gasteiger partial charge in [-0.15, -0.1) is 0 Å². The summed E-state index contributed by atoms with van der Waals surface area (Å²) in [6, 6.07) is 0. The summed E-state index contributed by atoms with van der Waals surface area (Å²) in [7, 11) is 0. The van der Waals surface area contributed by atoms with Crippen LogP contribution in [0.1, 0.15) is 101 Å². The third-order valence-electron chi connectivity index (χ3n) is 8.08. The smallest absolute Gasteiger partial charge is 0.0586 e. The van der Waals surface area contributed by atoms with Gasteiger partial charge in [0.05, 0.1) is 6.10 Å². The summed E-state index contributed by atoms with van der Waals surface area (Å²) in [6.07, 6.45) is 30.7. The lowest BCUT2D eigenvalue weighted by atomic mass is 9.72. The zero-order chi connectivity index (χ0) is 30.6. The van der Waals surface area contributed by atoms with E-state index in [-0.39, 0.29) is 16.9 Å². The fourth-order valence-corrected chi connectivity index (χ4v) is 5.78. The lowest BCUT2D eigenvalue weighted by molar-refractivity contribution is 0.117. The molecule has 0 saturated heterocycles. The molecule has 0 bridgehead atoms. The SMILES string of the molecule is CC1=C(C#C/C(C)=C/C=C/C(C)=C/C=C/C=C(C)/C=C/C=C(C)/C=C/C2=C(C)CCCC2(C)C)C(C)(C)C[C@H](O)C1. The Morgan fingerprint density at radius 1 is 0.756 bits per heavy atom. The van der Waals surface area contributed by atoms with E-state index in [4.69, 9.17) is 0 Å². The van der Waals surface area contributed by atoms with Gasteiger partial charge < -0.3 is 5.11 Å². The topological polar surface area (TPSA) is 20.2 Å². The number of allylic oxidation sites excluding steroid dienone is 19. The molecule has 0 heterocycles. The largest absolute Gasteiger partial charge is 0.393 e. The fourth-order valence-electron chi connectivity index (χ4n) is 5.78. The molecule has 0 saturated carbocycles. The van der Waals surface area contributed by atoms with E-state index in [9.17, 15) is 5.11 Å². The van der Waals surface area contributed by atoms with Crippen molar-refractivity contribution in [1.29, 1.82) is 0 Å². The Morgan fingerprint density at radius 3 is 1.90 bits per heavy atom. The van der Waals surface area contributed by atoms with Gasteiger partial charge in [0.15, 0.2) is 0 Å². The summed E-state index contributed by atoms with van der Waals surface area (Å²) in [5, 5.41) is 10.1. The van der Waals surface area contributed by atoms with Crippen molar-refractivity contribution in [3.8, 4) is 11.8 Å². The molecule has 1 heteroatoms. The first-order valence-corrected chi connectivity index (χ1v) is 15.2. The summed E-state index contributed by atoms with van der Waals surface area (Å²) in [5.74, 6) is 6.69. The highest BCUT2D eigenvalue weighted by molar-refractivity contribution is 5.45. The average molecular weight is 551 g/mol. The minimum atomic E-state index is -0.254. The second kappa shape index (κ2) is 15.8. The van der Waals surface area contributed by atoms with Crippen LogP contribution < -0.4 is 0 Å². The molecule has 0 aliphatic heterocycles. The average Bonchev–Trinajstić information content (AvgIpc) is 2.84. The van der Waals surface area contributed by atoms with Gasteiger partial charge in [-0.3, -0.25) is 0 Å². The molecular weight excluding hydrogens is 496 g/mol. The van der Waals surface area contributed by atoms with Crippen LogP contribution in [0.25, 0.3) is 0 Å². The Bertz CT molecular complexity index is 1310. The second-order valence-electron chi connectivity index (χ2n) is 13.3. The third-order valence-corrected chi connectivity index (χ3v) is 8.08. The highest BCUT2D eigenvalue weighted by Crippen LogP contribution is 2.41. The maximum atomic E-state index is 10.1. The van der Waals surface area contributed by atoms with Crippen LogP contribution in [0, 0.1) is 22.7 Å². The molecule has 0 aromatic rings. The highest BCUT2D eigenvalue weighted by atomic mass is 16.3. The second-order valence-corrected chi connectivity index (χ2v) is 13.3. The molecule has 0 unspecified atom stereocenters. The summed E-state index contributed by atoms with van der Waals surface area (Å²) in [5.41, 5.74) is 10.3. The van der Waals surface area contributed by atoms with Crippen LogP contribution in [0.3, 0.4) is 0 Å². The normalized spacial score (nSPS) is 23.0. The number of aliphatic hydroxyl groups is 1. The van der Waals surface area contributed by atoms with E-state index in [1.807, 2.05) is 6.92 Å². The minimum absolute atomic E-state index is 0.0740. The van der Waals surface area contributed by atoms with Gasteiger partial charge in [0.2, 0.25) is 0 Å². The highest BCUT2D eigenvalue weighted by Gasteiger charge is 2.32. The van der Waals surface area contributed by atoms with Crippen molar-refractivity contribution < 1.29 is 5.11 Å². The van der Waals surface area contributed by atoms with Gasteiger partial charge in [0, 0.05) is 11.0 Å². The zero-order valence-electron chi connectivity index (χ0n) is 27.5. The van der Waals surface area contributed by atoms with E-state index in [0.717, 1.165) is 18.4 Å². The molecule has 0 fully saturated rings. The van der Waals surface area contributed by atoms with Crippen molar-refractivity contribution in [2.24, 2.45) is 10.8 Å². The van der Waals surface area contributed by atoms with Crippen LogP contribution in [0.5, 0.6) is 0 Å². The molecule has 0 amide bonds. The molecule has 1 nitrogen and oxygen atoms in total. The van der Waals surface area contributed by atoms with E-state index >= 15 is 0 Å². The van der Waals surface area contributed by atoms with Crippen LogP contribution in [0.15, 0.2) is 117 Å². The first-order valence-electron chi connectivity index (χ1n) is 15.2.